The van der Waals surface area contributed by atoms with E-state index in [0.29, 0.717) is 49.0 Å². The molecule has 6 aromatic rings. The lowest BCUT2D eigenvalue weighted by Gasteiger charge is -2.24. The van der Waals surface area contributed by atoms with Crippen LogP contribution in [0.2, 0.25) is 0 Å². The Balaban J connectivity index is 1.20. The Hall–Kier alpha value is -6.28. The highest BCUT2D eigenvalue weighted by Gasteiger charge is 2.30. The zero-order valence-electron chi connectivity index (χ0n) is 30.7. The number of nitrogens with one attached hydrogen (secondary N) is 3. The first kappa shape index (κ1) is 37.5. The molecule has 0 aliphatic carbocycles. The maximum Gasteiger partial charge on any atom is 0.249 e. The summed E-state index contributed by atoms with van der Waals surface area (Å²) >= 11 is 0. The van der Waals surface area contributed by atoms with Crippen molar-refractivity contribution in [1.29, 1.82) is 0 Å². The molecule has 0 spiro atoms. The number of H-pyrrole nitrogens is 1. The lowest BCUT2D eigenvalue weighted by Crippen LogP contribution is -2.53. The van der Waals surface area contributed by atoms with Crippen LogP contribution in [0.25, 0.3) is 11.1 Å². The fraction of sp³-hybridized carbons (Fsp3) is 0.300. The molecule has 0 saturated carbocycles. The predicted molar refractivity (Wildman–Crippen MR) is 204 cm³/mol. The largest absolute Gasteiger partial charge is 0.497 e. The molecular formula is C40H46N10O4. The van der Waals surface area contributed by atoms with Crippen LogP contribution in [0, 0.1) is 13.8 Å². The lowest BCUT2D eigenvalue weighted by atomic mass is 9.95. The number of aromatic amines is 1. The van der Waals surface area contributed by atoms with Crippen molar-refractivity contribution in [2.75, 3.05) is 12.8 Å². The molecule has 0 fully saturated rings. The van der Waals surface area contributed by atoms with Gasteiger partial charge in [0.05, 0.1) is 25.2 Å². The first-order valence-electron chi connectivity index (χ1n) is 17.9. The highest BCUT2D eigenvalue weighted by atomic mass is 16.5. The van der Waals surface area contributed by atoms with E-state index in [-0.39, 0.29) is 18.7 Å². The van der Waals surface area contributed by atoms with Crippen LogP contribution in [0.15, 0.2) is 96.2 Å². The molecule has 14 heteroatoms. The van der Waals surface area contributed by atoms with Crippen molar-refractivity contribution in [2.24, 2.45) is 5.73 Å². The number of nitrogen functional groups attached to an aromatic ring is 1. The minimum atomic E-state index is -0.981. The number of hydrogen-bond donors (Lipinski definition) is 5. The number of nitrogens with two attached hydrogens (primary N) is 2. The van der Waals surface area contributed by atoms with E-state index in [2.05, 4.69) is 55.0 Å². The van der Waals surface area contributed by atoms with Gasteiger partial charge >= 0.3 is 0 Å². The minimum absolute atomic E-state index is 0.209. The first-order chi connectivity index (χ1) is 26.2. The Kier molecular flexibility index (Phi) is 12.1. The van der Waals surface area contributed by atoms with E-state index in [1.54, 1.807) is 36.6 Å². The van der Waals surface area contributed by atoms with Crippen LogP contribution in [-0.4, -0.2) is 60.7 Å². The Morgan fingerprint density at radius 1 is 0.963 bits per heavy atom. The Morgan fingerprint density at radius 2 is 1.70 bits per heavy atom. The van der Waals surface area contributed by atoms with Crippen LogP contribution in [0.3, 0.4) is 0 Å². The van der Waals surface area contributed by atoms with Crippen LogP contribution in [0.1, 0.15) is 58.5 Å². The van der Waals surface area contributed by atoms with Crippen molar-refractivity contribution in [3.8, 4) is 16.9 Å². The van der Waals surface area contributed by atoms with Gasteiger partial charge in [-0.25, -0.2) is 9.97 Å². The van der Waals surface area contributed by atoms with Crippen molar-refractivity contribution >= 4 is 17.8 Å². The normalized spacial score (nSPS) is 12.9. The van der Waals surface area contributed by atoms with Crippen molar-refractivity contribution in [2.45, 2.75) is 70.6 Å². The molecule has 2 amide bonds. The molecule has 3 aromatic carbocycles. The third kappa shape index (κ3) is 9.58. The Labute approximate surface area is 313 Å². The van der Waals surface area contributed by atoms with Gasteiger partial charge in [0.1, 0.15) is 17.8 Å². The highest BCUT2D eigenvalue weighted by molar-refractivity contribution is 5.90. The van der Waals surface area contributed by atoms with Gasteiger partial charge in [-0.15, -0.1) is 0 Å². The fourth-order valence-corrected chi connectivity index (χ4v) is 6.42. The van der Waals surface area contributed by atoms with Crippen LogP contribution in [-0.2, 0) is 35.4 Å². The molecule has 54 heavy (non-hydrogen) atoms. The standard InChI is InChI=1S/C40H46N10O4/c1-25-18-31(53-3)19-26(2)32(25)22-34(46-37(51)33(41)10-7-16-50-17-15-44-40(50)42)38(52)47-35(21-30-23-43-24-45-30)39-48-36(49-54-39)20-27-11-13-29(14-12-27)28-8-5-4-6-9-28/h4-6,8-9,11-15,17-19,23-24,33-35H,7,10,16,20-22,41H2,1-3H3,(H2,42,44)(H,43,45)(H,46,51)(H,47,52). The van der Waals surface area contributed by atoms with Crippen molar-refractivity contribution in [3.63, 3.8) is 0 Å². The second-order valence-electron chi connectivity index (χ2n) is 13.3. The molecule has 0 aliphatic heterocycles. The van der Waals surface area contributed by atoms with Crippen LogP contribution in [0.4, 0.5) is 5.95 Å². The van der Waals surface area contributed by atoms with E-state index in [0.717, 1.165) is 33.4 Å². The first-order valence-corrected chi connectivity index (χ1v) is 17.9. The second kappa shape index (κ2) is 17.5. The van der Waals surface area contributed by atoms with Gasteiger partial charge in [-0.05, 0) is 72.2 Å². The molecular weight excluding hydrogens is 685 g/mol. The molecule has 7 N–H and O–H groups in total. The molecule has 14 nitrogen and oxygen atoms in total. The third-order valence-electron chi connectivity index (χ3n) is 9.43. The molecule has 3 atom stereocenters. The SMILES string of the molecule is COc1cc(C)c(CC(NC(=O)C(N)CCCn2ccnc2N)C(=O)NC(Cc2c[nH]cn2)c2nc(Cc3ccc(-c4ccccc4)cc3)no2)c(C)c1. The average Bonchev–Trinajstić information content (AvgIpc) is 3.96. The summed E-state index contributed by atoms with van der Waals surface area (Å²) in [5.74, 6) is 0.909. The summed E-state index contributed by atoms with van der Waals surface area (Å²) in [6, 6.07) is 19.6. The van der Waals surface area contributed by atoms with Gasteiger partial charge in [-0.3, -0.25) is 9.59 Å². The van der Waals surface area contributed by atoms with Gasteiger partial charge in [0, 0.05) is 44.4 Å². The number of aryl methyl sites for hydroxylation is 3. The second-order valence-corrected chi connectivity index (χ2v) is 13.3. The maximum absolute atomic E-state index is 14.3. The number of nitrogens with zero attached hydrogens (tertiary/aromatic N) is 5. The number of rotatable bonds is 17. The number of carbonyl (C=O) groups excluding carboxylic acids is 2. The smallest absolute Gasteiger partial charge is 0.249 e. The number of methoxy groups -OCH3 is 1. The summed E-state index contributed by atoms with van der Waals surface area (Å²) in [6.45, 7) is 4.45. The summed E-state index contributed by atoms with van der Waals surface area (Å²) in [6.07, 6.45) is 8.56. The summed E-state index contributed by atoms with van der Waals surface area (Å²) in [4.78, 5) is 43.9. The Bertz CT molecular complexity index is 2100. The third-order valence-corrected chi connectivity index (χ3v) is 9.43. The summed E-state index contributed by atoms with van der Waals surface area (Å²) in [5, 5.41) is 10.3. The van der Waals surface area contributed by atoms with Gasteiger partial charge in [0.25, 0.3) is 0 Å². The number of amides is 2. The zero-order chi connectivity index (χ0) is 38.0. The Morgan fingerprint density at radius 3 is 2.37 bits per heavy atom. The van der Waals surface area contributed by atoms with E-state index in [4.69, 9.17) is 25.7 Å². The fourth-order valence-electron chi connectivity index (χ4n) is 6.42. The highest BCUT2D eigenvalue weighted by Crippen LogP contribution is 2.25. The van der Waals surface area contributed by atoms with Crippen LogP contribution < -0.4 is 26.8 Å². The number of ether oxygens (including phenoxy) is 1. The van der Waals surface area contributed by atoms with Crippen molar-refractivity contribution in [3.05, 3.63) is 131 Å². The predicted octanol–water partition coefficient (Wildman–Crippen LogP) is 4.39. The number of imidazole rings is 2. The van der Waals surface area contributed by atoms with Gasteiger partial charge < -0.3 is 40.9 Å². The van der Waals surface area contributed by atoms with Crippen molar-refractivity contribution in [1.82, 2.24) is 40.3 Å². The van der Waals surface area contributed by atoms with Crippen molar-refractivity contribution < 1.29 is 18.8 Å². The number of carbonyl (C=O) groups is 2. The molecule has 0 radical (unpaired) electrons. The molecule has 0 bridgehead atoms. The molecule has 0 aliphatic rings. The van der Waals surface area contributed by atoms with Gasteiger partial charge in [0.15, 0.2) is 11.8 Å². The van der Waals surface area contributed by atoms with E-state index < -0.39 is 29.9 Å². The molecule has 3 unspecified atom stereocenters. The van der Waals surface area contributed by atoms with E-state index in [1.807, 2.05) is 56.3 Å². The van der Waals surface area contributed by atoms with Gasteiger partial charge in [-0.2, -0.15) is 4.98 Å². The number of hydrogen-bond acceptors (Lipinski definition) is 10. The number of aromatic nitrogens is 6. The molecule has 0 saturated heterocycles. The van der Waals surface area contributed by atoms with Crippen LogP contribution >= 0.6 is 0 Å². The van der Waals surface area contributed by atoms with Crippen LogP contribution in [0.5, 0.6) is 5.75 Å². The summed E-state index contributed by atoms with van der Waals surface area (Å²) < 4.78 is 13.0. The molecule has 6 rings (SSSR count). The minimum Gasteiger partial charge on any atom is -0.497 e. The van der Waals surface area contributed by atoms with E-state index >= 15 is 0 Å². The average molecular weight is 731 g/mol. The topological polar surface area (TPSA) is 205 Å². The quantitative estimate of drug-likeness (QED) is 0.0895. The van der Waals surface area contributed by atoms with Gasteiger partial charge in [-0.1, -0.05) is 59.8 Å². The maximum atomic E-state index is 14.3. The monoisotopic (exact) mass is 730 g/mol. The zero-order valence-corrected chi connectivity index (χ0v) is 30.7. The molecule has 3 aromatic heterocycles. The molecule has 280 valence electrons. The number of anilines is 1. The van der Waals surface area contributed by atoms with E-state index in [1.165, 1.54) is 0 Å². The van der Waals surface area contributed by atoms with Gasteiger partial charge in [0.2, 0.25) is 17.7 Å². The summed E-state index contributed by atoms with van der Waals surface area (Å²) in [5.41, 5.74) is 18.9. The van der Waals surface area contributed by atoms with E-state index in [9.17, 15) is 9.59 Å². The number of benzene rings is 3. The summed E-state index contributed by atoms with van der Waals surface area (Å²) in [7, 11) is 1.61. The molecule has 3 heterocycles. The lowest BCUT2D eigenvalue weighted by molar-refractivity contribution is -0.130.